The van der Waals surface area contributed by atoms with E-state index in [0.29, 0.717) is 24.1 Å². The van der Waals surface area contributed by atoms with E-state index in [1.165, 1.54) is 0 Å². The molecule has 0 radical (unpaired) electrons. The molecule has 0 unspecified atom stereocenters. The highest BCUT2D eigenvalue weighted by atomic mass is 16.4. The zero-order valence-corrected chi connectivity index (χ0v) is 16.6. The summed E-state index contributed by atoms with van der Waals surface area (Å²) in [6, 6.07) is 19.1. The number of phenolic OH excluding ortho intramolecular Hbond substituents is 1. The second-order valence-electron chi connectivity index (χ2n) is 7.26. The van der Waals surface area contributed by atoms with Gasteiger partial charge in [0.15, 0.2) is 0 Å². The normalized spacial score (nSPS) is 10.7. The van der Waals surface area contributed by atoms with Gasteiger partial charge in [-0.3, -0.25) is 9.78 Å². The average molecular weight is 412 g/mol. The predicted octanol–water partition coefficient (Wildman–Crippen LogP) is 4.16. The van der Waals surface area contributed by atoms with Crippen LogP contribution in [0.4, 0.5) is 0 Å². The molecule has 0 spiro atoms. The van der Waals surface area contributed by atoms with Crippen molar-refractivity contribution in [2.24, 2.45) is 0 Å². The lowest BCUT2D eigenvalue weighted by molar-refractivity contribution is 0.0696. The van der Waals surface area contributed by atoms with Crippen molar-refractivity contribution in [1.29, 1.82) is 0 Å². The van der Waals surface area contributed by atoms with Crippen molar-refractivity contribution in [2.45, 2.75) is 13.0 Å². The fraction of sp³-hybridized carbons (Fsp3) is 0.0800. The van der Waals surface area contributed by atoms with Crippen LogP contribution in [-0.2, 0) is 13.0 Å². The van der Waals surface area contributed by atoms with E-state index in [9.17, 15) is 14.7 Å². The quantitative estimate of drug-likeness (QED) is 0.442. The van der Waals surface area contributed by atoms with Crippen LogP contribution in [0, 0.1) is 0 Å². The molecule has 31 heavy (non-hydrogen) atoms. The first kappa shape index (κ1) is 20.1. The van der Waals surface area contributed by atoms with Gasteiger partial charge in [-0.25, -0.2) is 4.79 Å². The van der Waals surface area contributed by atoms with Crippen molar-refractivity contribution in [1.82, 2.24) is 10.3 Å². The summed E-state index contributed by atoms with van der Waals surface area (Å²) in [5, 5.41) is 24.0. The highest BCUT2D eigenvalue weighted by Crippen LogP contribution is 2.28. The fourth-order valence-corrected chi connectivity index (χ4v) is 3.39. The zero-order chi connectivity index (χ0) is 21.8. The largest absolute Gasteiger partial charge is 0.508 e. The summed E-state index contributed by atoms with van der Waals surface area (Å²) in [4.78, 5) is 27.5. The molecule has 1 aromatic heterocycles. The number of fused-ring (bicyclic) bond motifs is 1. The lowest BCUT2D eigenvalue weighted by atomic mass is 9.98. The maximum atomic E-state index is 12.6. The molecule has 4 aromatic rings. The molecule has 6 heteroatoms. The monoisotopic (exact) mass is 412 g/mol. The van der Waals surface area contributed by atoms with E-state index >= 15 is 0 Å². The maximum absolute atomic E-state index is 12.6. The highest BCUT2D eigenvalue weighted by molar-refractivity contribution is 5.99. The first-order valence-corrected chi connectivity index (χ1v) is 9.74. The van der Waals surface area contributed by atoms with Gasteiger partial charge in [0.2, 0.25) is 0 Å². The number of phenols is 1. The lowest BCUT2D eigenvalue weighted by Crippen LogP contribution is -2.22. The molecule has 0 fully saturated rings. The highest BCUT2D eigenvalue weighted by Gasteiger charge is 2.10. The van der Waals surface area contributed by atoms with E-state index in [4.69, 9.17) is 5.11 Å². The average Bonchev–Trinajstić information content (AvgIpc) is 2.78. The minimum absolute atomic E-state index is 0.157. The molecule has 4 rings (SSSR count). The molecule has 0 saturated carbocycles. The van der Waals surface area contributed by atoms with Crippen LogP contribution >= 0.6 is 0 Å². The third-order valence-corrected chi connectivity index (χ3v) is 5.10. The number of pyridine rings is 1. The molecule has 0 aliphatic heterocycles. The summed E-state index contributed by atoms with van der Waals surface area (Å²) < 4.78 is 0. The molecule has 1 heterocycles. The molecule has 3 aromatic carbocycles. The van der Waals surface area contributed by atoms with Crippen LogP contribution in [0.1, 0.15) is 37.4 Å². The van der Waals surface area contributed by atoms with Crippen LogP contribution < -0.4 is 5.32 Å². The third kappa shape index (κ3) is 4.70. The molecule has 0 atom stereocenters. The molecule has 1 amide bonds. The summed E-state index contributed by atoms with van der Waals surface area (Å²) in [6.07, 6.45) is 3.81. The van der Waals surface area contributed by atoms with E-state index in [1.807, 2.05) is 24.3 Å². The number of aromatic carboxylic acids is 1. The summed E-state index contributed by atoms with van der Waals surface area (Å²) >= 11 is 0. The number of amides is 1. The SMILES string of the molecule is O=C(O)c1ccc(Cc2cc3cc(C(=O)NCc4ccncc4)ccc3cc2O)cc1. The third-order valence-electron chi connectivity index (χ3n) is 5.10. The molecular weight excluding hydrogens is 392 g/mol. The van der Waals surface area contributed by atoms with Crippen molar-refractivity contribution in [3.8, 4) is 5.75 Å². The van der Waals surface area contributed by atoms with E-state index in [-0.39, 0.29) is 17.2 Å². The molecule has 0 aliphatic rings. The predicted molar refractivity (Wildman–Crippen MR) is 117 cm³/mol. The number of hydrogen-bond donors (Lipinski definition) is 3. The minimum atomic E-state index is -0.977. The van der Waals surface area contributed by atoms with Gasteiger partial charge in [0.1, 0.15) is 5.75 Å². The second-order valence-corrected chi connectivity index (χ2v) is 7.26. The van der Waals surface area contributed by atoms with Crippen LogP contribution in [0.5, 0.6) is 5.75 Å². The van der Waals surface area contributed by atoms with Gasteiger partial charge in [0.05, 0.1) is 5.56 Å². The number of carbonyl (C=O) groups excluding carboxylic acids is 1. The van der Waals surface area contributed by atoms with Crippen molar-refractivity contribution >= 4 is 22.6 Å². The topological polar surface area (TPSA) is 99.5 Å². The van der Waals surface area contributed by atoms with Gasteiger partial charge in [-0.05, 0) is 76.0 Å². The van der Waals surface area contributed by atoms with Gasteiger partial charge in [-0.2, -0.15) is 0 Å². The number of aromatic nitrogens is 1. The Morgan fingerprint density at radius 1 is 0.806 bits per heavy atom. The second kappa shape index (κ2) is 8.67. The Balaban J connectivity index is 1.55. The first-order valence-electron chi connectivity index (χ1n) is 9.74. The Labute approximate surface area is 178 Å². The molecule has 3 N–H and O–H groups in total. The van der Waals surface area contributed by atoms with Gasteiger partial charge in [0.25, 0.3) is 5.91 Å². The van der Waals surface area contributed by atoms with Gasteiger partial charge in [-0.1, -0.05) is 18.2 Å². The van der Waals surface area contributed by atoms with E-state index in [2.05, 4.69) is 10.3 Å². The smallest absolute Gasteiger partial charge is 0.335 e. The number of nitrogens with one attached hydrogen (secondary N) is 1. The van der Waals surface area contributed by atoms with Crippen molar-refractivity contribution in [2.75, 3.05) is 0 Å². The number of nitrogens with zero attached hydrogens (tertiary/aromatic N) is 1. The van der Waals surface area contributed by atoms with Crippen LogP contribution in [0.15, 0.2) is 79.1 Å². The first-order chi connectivity index (χ1) is 15.0. The standard InChI is InChI=1S/C25H20N2O4/c28-23-14-19-5-6-20(24(29)27-15-17-7-9-26-10-8-17)12-21(19)13-22(23)11-16-1-3-18(4-2-16)25(30)31/h1-10,12-14,28H,11,15H2,(H,27,29)(H,30,31). The number of aromatic hydroxyl groups is 1. The fourth-order valence-electron chi connectivity index (χ4n) is 3.39. The molecule has 0 aliphatic carbocycles. The van der Waals surface area contributed by atoms with Crippen LogP contribution in [0.3, 0.4) is 0 Å². The number of carboxylic acid groups (broad SMARTS) is 1. The number of hydrogen-bond acceptors (Lipinski definition) is 4. The van der Waals surface area contributed by atoms with Crippen molar-refractivity contribution in [3.05, 3.63) is 107 Å². The van der Waals surface area contributed by atoms with Crippen LogP contribution in [0.2, 0.25) is 0 Å². The van der Waals surface area contributed by atoms with E-state index < -0.39 is 5.97 Å². The van der Waals surface area contributed by atoms with Crippen molar-refractivity contribution < 1.29 is 19.8 Å². The lowest BCUT2D eigenvalue weighted by Gasteiger charge is -2.10. The van der Waals surface area contributed by atoms with Crippen LogP contribution in [-0.4, -0.2) is 27.1 Å². The zero-order valence-electron chi connectivity index (χ0n) is 16.6. The van der Waals surface area contributed by atoms with Gasteiger partial charge in [0, 0.05) is 30.9 Å². The van der Waals surface area contributed by atoms with Gasteiger partial charge >= 0.3 is 5.97 Å². The minimum Gasteiger partial charge on any atom is -0.508 e. The molecular formula is C25H20N2O4. The maximum Gasteiger partial charge on any atom is 0.335 e. The van der Waals surface area contributed by atoms with E-state index in [1.54, 1.807) is 54.9 Å². The Kier molecular flexibility index (Phi) is 5.62. The Hall–Kier alpha value is -4.19. The van der Waals surface area contributed by atoms with E-state index in [0.717, 1.165) is 21.9 Å². The van der Waals surface area contributed by atoms with Crippen LogP contribution in [0.25, 0.3) is 10.8 Å². The number of carbonyl (C=O) groups is 2. The van der Waals surface area contributed by atoms with Crippen molar-refractivity contribution in [3.63, 3.8) is 0 Å². The molecule has 6 nitrogen and oxygen atoms in total. The Morgan fingerprint density at radius 2 is 1.52 bits per heavy atom. The summed E-state index contributed by atoms with van der Waals surface area (Å²) in [7, 11) is 0. The molecule has 0 saturated heterocycles. The Bertz CT molecular complexity index is 1250. The summed E-state index contributed by atoms with van der Waals surface area (Å²) in [5.74, 6) is -1.00. The Morgan fingerprint density at radius 3 is 2.23 bits per heavy atom. The molecule has 0 bridgehead atoms. The number of carboxylic acids is 1. The number of rotatable bonds is 6. The molecule has 154 valence electrons. The van der Waals surface area contributed by atoms with Gasteiger partial charge < -0.3 is 15.5 Å². The van der Waals surface area contributed by atoms with Gasteiger partial charge in [-0.15, -0.1) is 0 Å². The summed E-state index contributed by atoms with van der Waals surface area (Å²) in [6.45, 7) is 0.409. The summed E-state index contributed by atoms with van der Waals surface area (Å²) in [5.41, 5.74) is 3.29. The number of benzene rings is 3.